The Morgan fingerprint density at radius 3 is 3.05 bits per heavy atom. The van der Waals surface area contributed by atoms with Gasteiger partial charge in [0.15, 0.2) is 0 Å². The second-order valence-electron chi connectivity index (χ2n) is 5.00. The number of hydrogen-bond acceptors (Lipinski definition) is 6. The van der Waals surface area contributed by atoms with Gasteiger partial charge in [0.05, 0.1) is 18.0 Å². The first kappa shape index (κ1) is 13.3. The van der Waals surface area contributed by atoms with Crippen molar-refractivity contribution in [1.29, 1.82) is 0 Å². The monoisotopic (exact) mass is 293 g/mol. The summed E-state index contributed by atoms with van der Waals surface area (Å²) in [7, 11) is 0. The zero-order valence-corrected chi connectivity index (χ0v) is 11.7. The molecule has 1 aliphatic carbocycles. The average molecular weight is 293 g/mol. The van der Waals surface area contributed by atoms with Crippen LogP contribution >= 0.6 is 11.3 Å². The van der Waals surface area contributed by atoms with E-state index in [1.807, 2.05) is 22.4 Å². The zero-order valence-electron chi connectivity index (χ0n) is 10.9. The number of aromatic nitrogens is 2. The number of carbonyl (C=O) groups is 1. The van der Waals surface area contributed by atoms with Crippen molar-refractivity contribution in [3.63, 3.8) is 0 Å². The van der Waals surface area contributed by atoms with Gasteiger partial charge in [-0.15, -0.1) is 11.3 Å². The summed E-state index contributed by atoms with van der Waals surface area (Å²) in [5.41, 5.74) is 0. The van der Waals surface area contributed by atoms with Crippen LogP contribution in [-0.4, -0.2) is 39.2 Å². The van der Waals surface area contributed by atoms with E-state index in [1.165, 1.54) is 12.8 Å². The van der Waals surface area contributed by atoms with Crippen LogP contribution in [0.2, 0.25) is 0 Å². The lowest BCUT2D eigenvalue weighted by Gasteiger charge is -2.17. The molecule has 0 spiro atoms. The summed E-state index contributed by atoms with van der Waals surface area (Å²) >= 11 is 1.55. The largest absolute Gasteiger partial charge is 0.480 e. The Morgan fingerprint density at radius 2 is 2.40 bits per heavy atom. The quantitative estimate of drug-likeness (QED) is 0.842. The Balaban J connectivity index is 1.66. The summed E-state index contributed by atoms with van der Waals surface area (Å²) < 4.78 is 5.21. The Morgan fingerprint density at radius 1 is 1.55 bits per heavy atom. The summed E-state index contributed by atoms with van der Waals surface area (Å²) in [6.07, 6.45) is 2.36. The predicted molar refractivity (Wildman–Crippen MR) is 73.2 cm³/mol. The van der Waals surface area contributed by atoms with Crippen LogP contribution < -0.4 is 0 Å². The highest BCUT2D eigenvalue weighted by Crippen LogP contribution is 2.30. The maximum atomic E-state index is 10.9. The minimum absolute atomic E-state index is 0.00716. The fourth-order valence-corrected chi connectivity index (χ4v) is 2.71. The fraction of sp³-hybridized carbons (Fsp3) is 0.462. The summed E-state index contributed by atoms with van der Waals surface area (Å²) in [6.45, 7) is 1.18. The molecule has 2 aromatic heterocycles. The predicted octanol–water partition coefficient (Wildman–Crippen LogP) is 2.09. The number of aliphatic carboxylic acids is 1. The smallest absolute Gasteiger partial charge is 0.317 e. The third kappa shape index (κ3) is 3.43. The molecule has 1 N–H and O–H groups in total. The van der Waals surface area contributed by atoms with E-state index in [-0.39, 0.29) is 6.54 Å². The number of carboxylic acids is 1. The number of nitrogens with zero attached hydrogens (tertiary/aromatic N) is 3. The minimum atomic E-state index is -0.830. The Bertz CT molecular complexity index is 577. The van der Waals surface area contributed by atoms with E-state index in [0.29, 0.717) is 24.2 Å². The van der Waals surface area contributed by atoms with E-state index in [1.54, 1.807) is 11.3 Å². The highest BCUT2D eigenvalue weighted by atomic mass is 32.1. The molecule has 0 bridgehead atoms. The Hall–Kier alpha value is -1.73. The summed E-state index contributed by atoms with van der Waals surface area (Å²) in [5, 5.41) is 14.8. The van der Waals surface area contributed by atoms with Gasteiger partial charge in [-0.05, 0) is 30.2 Å². The Labute approximate surface area is 120 Å². The lowest BCUT2D eigenvalue weighted by molar-refractivity contribution is -0.138. The topological polar surface area (TPSA) is 79.5 Å². The van der Waals surface area contributed by atoms with Gasteiger partial charge in [-0.25, -0.2) is 0 Å². The molecular weight excluding hydrogens is 278 g/mol. The van der Waals surface area contributed by atoms with Crippen LogP contribution in [0.3, 0.4) is 0 Å². The van der Waals surface area contributed by atoms with Gasteiger partial charge in [-0.2, -0.15) is 4.98 Å². The van der Waals surface area contributed by atoms with Gasteiger partial charge < -0.3 is 9.63 Å². The zero-order chi connectivity index (χ0) is 13.9. The molecule has 6 nitrogen and oxygen atoms in total. The van der Waals surface area contributed by atoms with Crippen molar-refractivity contribution in [2.24, 2.45) is 5.92 Å². The van der Waals surface area contributed by atoms with Crippen LogP contribution in [0.25, 0.3) is 10.7 Å². The van der Waals surface area contributed by atoms with Gasteiger partial charge in [-0.1, -0.05) is 11.2 Å². The number of rotatable bonds is 7. The Kier molecular flexibility index (Phi) is 3.79. The maximum absolute atomic E-state index is 10.9. The van der Waals surface area contributed by atoms with Crippen LogP contribution in [-0.2, 0) is 11.3 Å². The molecule has 0 atom stereocenters. The third-order valence-electron chi connectivity index (χ3n) is 3.14. The lowest BCUT2D eigenvalue weighted by Crippen LogP contribution is -2.31. The number of carboxylic acid groups (broad SMARTS) is 1. The van der Waals surface area contributed by atoms with Crippen molar-refractivity contribution < 1.29 is 14.4 Å². The molecule has 2 heterocycles. The van der Waals surface area contributed by atoms with Crippen molar-refractivity contribution in [3.05, 3.63) is 23.4 Å². The van der Waals surface area contributed by atoms with Crippen LogP contribution in [0.4, 0.5) is 0 Å². The molecule has 7 heteroatoms. The van der Waals surface area contributed by atoms with Crippen LogP contribution in [0.1, 0.15) is 18.7 Å². The van der Waals surface area contributed by atoms with E-state index < -0.39 is 5.97 Å². The van der Waals surface area contributed by atoms with E-state index in [2.05, 4.69) is 10.1 Å². The van der Waals surface area contributed by atoms with Gasteiger partial charge in [0.1, 0.15) is 0 Å². The molecule has 0 aromatic carbocycles. The van der Waals surface area contributed by atoms with Crippen LogP contribution in [0.15, 0.2) is 22.0 Å². The summed E-state index contributed by atoms with van der Waals surface area (Å²) in [5.74, 6) is 0.824. The fourth-order valence-electron chi connectivity index (χ4n) is 2.06. The molecular formula is C13H15N3O3S. The number of thiophene rings is 1. The molecule has 0 aliphatic heterocycles. The second-order valence-corrected chi connectivity index (χ2v) is 5.94. The molecule has 0 unspecified atom stereocenters. The van der Waals surface area contributed by atoms with Crippen molar-refractivity contribution in [2.45, 2.75) is 19.4 Å². The molecule has 1 aliphatic rings. The SMILES string of the molecule is O=C(O)CN(Cc1nc(-c2cccs2)no1)CC1CC1. The molecule has 0 radical (unpaired) electrons. The van der Waals surface area contributed by atoms with Crippen LogP contribution in [0.5, 0.6) is 0 Å². The van der Waals surface area contributed by atoms with Crippen LogP contribution in [0, 0.1) is 5.92 Å². The highest BCUT2D eigenvalue weighted by molar-refractivity contribution is 7.13. The average Bonchev–Trinajstić information content (AvgIpc) is 2.91. The first-order valence-electron chi connectivity index (χ1n) is 6.51. The van der Waals surface area contributed by atoms with E-state index >= 15 is 0 Å². The van der Waals surface area contributed by atoms with E-state index in [4.69, 9.17) is 9.63 Å². The maximum Gasteiger partial charge on any atom is 0.317 e. The molecule has 1 saturated carbocycles. The van der Waals surface area contributed by atoms with Crippen molar-refractivity contribution in [3.8, 4) is 10.7 Å². The molecule has 0 amide bonds. The summed E-state index contributed by atoms with van der Waals surface area (Å²) in [4.78, 5) is 18.0. The standard InChI is InChI=1S/C13H15N3O3S/c17-12(18)8-16(6-9-3-4-9)7-11-14-13(15-19-11)10-2-1-5-20-10/h1-2,5,9H,3-4,6-8H2,(H,17,18). The van der Waals surface area contributed by atoms with Crippen molar-refractivity contribution in [2.75, 3.05) is 13.1 Å². The first-order chi connectivity index (χ1) is 9.70. The van der Waals surface area contributed by atoms with E-state index in [9.17, 15) is 4.79 Å². The molecule has 20 heavy (non-hydrogen) atoms. The van der Waals surface area contributed by atoms with E-state index in [0.717, 1.165) is 11.4 Å². The van der Waals surface area contributed by atoms with Crippen molar-refractivity contribution in [1.82, 2.24) is 15.0 Å². The lowest BCUT2D eigenvalue weighted by atomic mass is 10.3. The van der Waals surface area contributed by atoms with Gasteiger partial charge in [0.25, 0.3) is 0 Å². The molecule has 1 fully saturated rings. The molecule has 3 rings (SSSR count). The van der Waals surface area contributed by atoms with Crippen molar-refractivity contribution >= 4 is 17.3 Å². The van der Waals surface area contributed by atoms with Gasteiger partial charge in [0, 0.05) is 6.54 Å². The summed E-state index contributed by atoms with van der Waals surface area (Å²) in [6, 6.07) is 3.86. The third-order valence-corrected chi connectivity index (χ3v) is 4.01. The first-order valence-corrected chi connectivity index (χ1v) is 7.39. The molecule has 0 saturated heterocycles. The number of hydrogen-bond donors (Lipinski definition) is 1. The second kappa shape index (κ2) is 5.72. The normalized spacial score (nSPS) is 14.8. The minimum Gasteiger partial charge on any atom is -0.480 e. The molecule has 2 aromatic rings. The highest BCUT2D eigenvalue weighted by Gasteiger charge is 2.26. The molecule has 106 valence electrons. The van der Waals surface area contributed by atoms with Gasteiger partial charge >= 0.3 is 5.97 Å². The van der Waals surface area contributed by atoms with Gasteiger partial charge in [-0.3, -0.25) is 9.69 Å². The van der Waals surface area contributed by atoms with Gasteiger partial charge in [0.2, 0.25) is 11.7 Å².